The number of nitrogen functional groups attached to an aromatic ring is 1. The normalized spacial score (nSPS) is 23.7. The molecular weight excluding hydrogens is 272 g/mol. The third kappa shape index (κ3) is 3.73. The van der Waals surface area contributed by atoms with Gasteiger partial charge < -0.3 is 5.73 Å². The third-order valence-electron chi connectivity index (χ3n) is 4.07. The molecule has 5 heteroatoms. The molecule has 3 N–H and O–H groups in total. The monoisotopic (exact) mass is 296 g/mol. The van der Waals surface area contributed by atoms with Gasteiger partial charge in [-0.05, 0) is 49.4 Å². The summed E-state index contributed by atoms with van der Waals surface area (Å²) in [5.74, 6) is 0.638. The van der Waals surface area contributed by atoms with Gasteiger partial charge in [0, 0.05) is 11.7 Å². The van der Waals surface area contributed by atoms with E-state index in [2.05, 4.69) is 11.6 Å². The van der Waals surface area contributed by atoms with Gasteiger partial charge in [-0.3, -0.25) is 0 Å². The van der Waals surface area contributed by atoms with E-state index >= 15 is 0 Å². The predicted octanol–water partition coefficient (Wildman–Crippen LogP) is 2.82. The van der Waals surface area contributed by atoms with Crippen LogP contribution in [0.15, 0.2) is 23.1 Å². The molecule has 1 aliphatic rings. The van der Waals surface area contributed by atoms with Crippen molar-refractivity contribution in [2.24, 2.45) is 5.92 Å². The van der Waals surface area contributed by atoms with Crippen LogP contribution >= 0.6 is 0 Å². The number of sulfonamides is 1. The topological polar surface area (TPSA) is 72.2 Å². The Balaban J connectivity index is 2.14. The van der Waals surface area contributed by atoms with E-state index in [1.807, 2.05) is 6.92 Å². The van der Waals surface area contributed by atoms with E-state index < -0.39 is 10.0 Å². The van der Waals surface area contributed by atoms with E-state index in [4.69, 9.17) is 5.73 Å². The van der Waals surface area contributed by atoms with Crippen molar-refractivity contribution in [2.75, 3.05) is 5.73 Å². The lowest BCUT2D eigenvalue weighted by molar-refractivity contribution is 0.301. The van der Waals surface area contributed by atoms with Crippen LogP contribution in [0, 0.1) is 12.8 Å². The van der Waals surface area contributed by atoms with Gasteiger partial charge in [0.25, 0.3) is 0 Å². The van der Waals surface area contributed by atoms with E-state index in [9.17, 15) is 8.42 Å². The second-order valence-corrected chi connectivity index (χ2v) is 7.55. The number of anilines is 1. The van der Waals surface area contributed by atoms with Gasteiger partial charge in [0.05, 0.1) is 4.90 Å². The second kappa shape index (κ2) is 6.14. The highest BCUT2D eigenvalue weighted by molar-refractivity contribution is 7.89. The number of aryl methyl sites for hydroxylation is 1. The summed E-state index contributed by atoms with van der Waals surface area (Å²) in [5.41, 5.74) is 7.09. The summed E-state index contributed by atoms with van der Waals surface area (Å²) in [4.78, 5) is 0.272. The number of hydrogen-bond acceptors (Lipinski definition) is 3. The maximum Gasteiger partial charge on any atom is 0.240 e. The van der Waals surface area contributed by atoms with Gasteiger partial charge in [0.2, 0.25) is 10.0 Å². The molecule has 1 fully saturated rings. The first-order valence-electron chi connectivity index (χ1n) is 7.30. The first-order chi connectivity index (χ1) is 9.40. The van der Waals surface area contributed by atoms with Crippen molar-refractivity contribution in [3.05, 3.63) is 23.8 Å². The maximum atomic E-state index is 12.4. The average molecular weight is 296 g/mol. The maximum absolute atomic E-state index is 12.4. The van der Waals surface area contributed by atoms with Crippen molar-refractivity contribution in [1.29, 1.82) is 0 Å². The van der Waals surface area contributed by atoms with Gasteiger partial charge in [-0.1, -0.05) is 26.2 Å². The van der Waals surface area contributed by atoms with Crippen LogP contribution in [0.25, 0.3) is 0 Å². The molecule has 112 valence electrons. The average Bonchev–Trinajstić information content (AvgIpc) is 2.37. The standard InChI is InChI=1S/C15H24N2O2S/c1-3-12-5-4-6-14(9-12)17-20(18,19)15-8-11(2)7-13(16)10-15/h7-8,10,12,14,17H,3-6,9,16H2,1-2H3. The lowest BCUT2D eigenvalue weighted by atomic mass is 9.85. The van der Waals surface area contributed by atoms with E-state index in [-0.39, 0.29) is 10.9 Å². The molecular formula is C15H24N2O2S. The number of benzene rings is 1. The lowest BCUT2D eigenvalue weighted by Gasteiger charge is -2.28. The molecule has 1 aromatic rings. The number of hydrogen-bond donors (Lipinski definition) is 2. The minimum absolute atomic E-state index is 0.0560. The summed E-state index contributed by atoms with van der Waals surface area (Å²) < 4.78 is 27.7. The molecule has 1 aromatic carbocycles. The Labute approximate surface area is 121 Å². The van der Waals surface area contributed by atoms with E-state index in [0.717, 1.165) is 31.2 Å². The minimum Gasteiger partial charge on any atom is -0.399 e. The highest BCUT2D eigenvalue weighted by Crippen LogP contribution is 2.27. The van der Waals surface area contributed by atoms with E-state index in [1.165, 1.54) is 12.5 Å². The van der Waals surface area contributed by atoms with Crippen LogP contribution in [0.4, 0.5) is 5.69 Å². The van der Waals surface area contributed by atoms with Crippen LogP contribution in [0.1, 0.15) is 44.6 Å². The van der Waals surface area contributed by atoms with Gasteiger partial charge >= 0.3 is 0 Å². The van der Waals surface area contributed by atoms with Gasteiger partial charge in [-0.25, -0.2) is 13.1 Å². The molecule has 2 unspecified atom stereocenters. The smallest absolute Gasteiger partial charge is 0.240 e. The largest absolute Gasteiger partial charge is 0.399 e. The molecule has 2 atom stereocenters. The van der Waals surface area contributed by atoms with Crippen molar-refractivity contribution >= 4 is 15.7 Å². The van der Waals surface area contributed by atoms with E-state index in [1.54, 1.807) is 12.1 Å². The van der Waals surface area contributed by atoms with Crippen LogP contribution in [0.5, 0.6) is 0 Å². The lowest BCUT2D eigenvalue weighted by Crippen LogP contribution is -2.38. The molecule has 0 spiro atoms. The molecule has 4 nitrogen and oxygen atoms in total. The highest BCUT2D eigenvalue weighted by Gasteiger charge is 2.25. The molecule has 0 radical (unpaired) electrons. The van der Waals surface area contributed by atoms with Gasteiger partial charge in [0.15, 0.2) is 0 Å². The summed E-state index contributed by atoms with van der Waals surface area (Å²) in [6.07, 6.45) is 5.30. The summed E-state index contributed by atoms with van der Waals surface area (Å²) in [7, 11) is -3.47. The zero-order chi connectivity index (χ0) is 14.8. The molecule has 0 bridgehead atoms. The Kier molecular flexibility index (Phi) is 4.70. The molecule has 0 aliphatic heterocycles. The Morgan fingerprint density at radius 1 is 1.30 bits per heavy atom. The van der Waals surface area contributed by atoms with Crippen molar-refractivity contribution in [1.82, 2.24) is 4.72 Å². The predicted molar refractivity (Wildman–Crippen MR) is 81.9 cm³/mol. The molecule has 2 rings (SSSR count). The summed E-state index contributed by atoms with van der Waals surface area (Å²) in [6.45, 7) is 4.02. The number of nitrogens with one attached hydrogen (secondary N) is 1. The van der Waals surface area contributed by atoms with Crippen molar-refractivity contribution in [3.63, 3.8) is 0 Å². The molecule has 0 aromatic heterocycles. The highest BCUT2D eigenvalue weighted by atomic mass is 32.2. The Morgan fingerprint density at radius 3 is 2.70 bits per heavy atom. The Hall–Kier alpha value is -1.07. The van der Waals surface area contributed by atoms with Crippen LogP contribution in [0.3, 0.4) is 0 Å². The van der Waals surface area contributed by atoms with Crippen LogP contribution in [0.2, 0.25) is 0 Å². The fourth-order valence-electron chi connectivity index (χ4n) is 2.99. The SMILES string of the molecule is CCC1CCCC(NS(=O)(=O)c2cc(C)cc(N)c2)C1. The minimum atomic E-state index is -3.47. The zero-order valence-corrected chi connectivity index (χ0v) is 13.0. The quantitative estimate of drug-likeness (QED) is 0.839. The molecule has 0 saturated heterocycles. The van der Waals surface area contributed by atoms with Crippen LogP contribution in [-0.4, -0.2) is 14.5 Å². The van der Waals surface area contributed by atoms with Crippen molar-refractivity contribution in [2.45, 2.75) is 56.9 Å². The van der Waals surface area contributed by atoms with Gasteiger partial charge in [-0.2, -0.15) is 0 Å². The molecule has 20 heavy (non-hydrogen) atoms. The second-order valence-electron chi connectivity index (χ2n) is 5.84. The fraction of sp³-hybridized carbons (Fsp3) is 0.600. The van der Waals surface area contributed by atoms with E-state index in [0.29, 0.717) is 11.6 Å². The number of nitrogens with two attached hydrogens (primary N) is 1. The first kappa shape index (κ1) is 15.3. The van der Waals surface area contributed by atoms with Crippen molar-refractivity contribution < 1.29 is 8.42 Å². The van der Waals surface area contributed by atoms with Crippen LogP contribution in [-0.2, 0) is 10.0 Å². The molecule has 1 aliphatic carbocycles. The van der Waals surface area contributed by atoms with Gasteiger partial charge in [-0.15, -0.1) is 0 Å². The molecule has 0 amide bonds. The van der Waals surface area contributed by atoms with Crippen LogP contribution < -0.4 is 10.5 Å². The molecule has 1 saturated carbocycles. The summed E-state index contributed by atoms with van der Waals surface area (Å²) in [5, 5.41) is 0. The fourth-order valence-corrected chi connectivity index (χ4v) is 4.41. The van der Waals surface area contributed by atoms with Gasteiger partial charge in [0.1, 0.15) is 0 Å². The molecule has 0 heterocycles. The number of rotatable bonds is 4. The Bertz CT molecular complexity index is 549. The Morgan fingerprint density at radius 2 is 2.05 bits per heavy atom. The summed E-state index contributed by atoms with van der Waals surface area (Å²) >= 11 is 0. The summed E-state index contributed by atoms with van der Waals surface area (Å²) in [6, 6.07) is 5.02. The zero-order valence-electron chi connectivity index (χ0n) is 12.2. The first-order valence-corrected chi connectivity index (χ1v) is 8.78. The third-order valence-corrected chi connectivity index (χ3v) is 5.57. The van der Waals surface area contributed by atoms with Crippen molar-refractivity contribution in [3.8, 4) is 0 Å².